The smallest absolute Gasteiger partial charge is 0.223 e. The average molecular weight is 323 g/mol. The normalized spacial score (nSPS) is 26.8. The van der Waals surface area contributed by atoms with Crippen molar-refractivity contribution in [3.05, 3.63) is 35.4 Å². The Bertz CT molecular complexity index is 611. The molecular weight excluding hydrogens is 300 g/mol. The maximum Gasteiger partial charge on any atom is 0.223 e. The minimum absolute atomic E-state index is 0.0119. The number of benzene rings is 1. The first-order valence-electron chi connectivity index (χ1n) is 8.17. The van der Waals surface area contributed by atoms with Gasteiger partial charge < -0.3 is 10.1 Å². The van der Waals surface area contributed by atoms with Crippen LogP contribution in [0.5, 0.6) is 0 Å². The molecule has 1 saturated carbocycles. The number of rotatable bonds is 4. The maximum atomic E-state index is 14.2. The van der Waals surface area contributed by atoms with Gasteiger partial charge in [0.25, 0.3) is 0 Å². The van der Waals surface area contributed by atoms with E-state index >= 15 is 0 Å². The van der Waals surface area contributed by atoms with Crippen molar-refractivity contribution in [2.24, 2.45) is 11.3 Å². The van der Waals surface area contributed by atoms with Gasteiger partial charge >= 0.3 is 0 Å². The molecule has 3 nitrogen and oxygen atoms in total. The van der Waals surface area contributed by atoms with E-state index in [4.69, 9.17) is 4.74 Å². The van der Waals surface area contributed by atoms with Gasteiger partial charge in [0.05, 0.1) is 0 Å². The van der Waals surface area contributed by atoms with Gasteiger partial charge in [-0.05, 0) is 36.3 Å². The van der Waals surface area contributed by atoms with Crippen molar-refractivity contribution in [2.45, 2.75) is 38.5 Å². The summed E-state index contributed by atoms with van der Waals surface area (Å²) >= 11 is 0. The van der Waals surface area contributed by atoms with E-state index < -0.39 is 17.0 Å². The number of amides is 1. The highest BCUT2D eigenvalue weighted by Gasteiger charge is 2.62. The molecule has 1 unspecified atom stereocenters. The van der Waals surface area contributed by atoms with Crippen LogP contribution < -0.4 is 5.32 Å². The van der Waals surface area contributed by atoms with E-state index in [1.807, 2.05) is 0 Å². The Hall–Kier alpha value is -1.49. The van der Waals surface area contributed by atoms with Crippen LogP contribution in [0.3, 0.4) is 0 Å². The molecule has 2 aliphatic rings. The van der Waals surface area contributed by atoms with Crippen molar-refractivity contribution >= 4 is 5.91 Å². The maximum absolute atomic E-state index is 14.2. The number of carbonyl (C=O) groups is 1. The molecule has 1 aliphatic heterocycles. The first-order valence-corrected chi connectivity index (χ1v) is 8.17. The van der Waals surface area contributed by atoms with E-state index in [1.165, 1.54) is 12.1 Å². The predicted molar refractivity (Wildman–Crippen MR) is 83.0 cm³/mol. The number of hydrogen-bond acceptors (Lipinski definition) is 2. The molecule has 1 amide bonds. The number of hydrogen-bond donors (Lipinski definition) is 1. The van der Waals surface area contributed by atoms with Crippen LogP contribution in [0.1, 0.15) is 38.7 Å². The summed E-state index contributed by atoms with van der Waals surface area (Å²) in [5.74, 6) is -1.12. The molecule has 1 aromatic carbocycles. The summed E-state index contributed by atoms with van der Waals surface area (Å²) in [5, 5.41) is 3.00. The third-order valence-electron chi connectivity index (χ3n) is 5.52. The Morgan fingerprint density at radius 2 is 1.96 bits per heavy atom. The van der Waals surface area contributed by atoms with E-state index in [0.717, 1.165) is 25.3 Å². The van der Waals surface area contributed by atoms with Crippen molar-refractivity contribution in [3.8, 4) is 0 Å². The lowest BCUT2D eigenvalue weighted by Crippen LogP contribution is -2.40. The molecule has 3 rings (SSSR count). The Balaban J connectivity index is 1.73. The fourth-order valence-electron chi connectivity index (χ4n) is 3.79. The van der Waals surface area contributed by atoms with E-state index in [-0.39, 0.29) is 17.2 Å². The molecule has 5 heteroatoms. The molecule has 126 valence electrons. The van der Waals surface area contributed by atoms with E-state index in [1.54, 1.807) is 0 Å². The number of ether oxygens (including phenoxy) is 1. The highest BCUT2D eigenvalue weighted by molar-refractivity contribution is 5.79. The summed E-state index contributed by atoms with van der Waals surface area (Å²) < 4.78 is 32.7. The van der Waals surface area contributed by atoms with Gasteiger partial charge in [0.15, 0.2) is 0 Å². The van der Waals surface area contributed by atoms with Crippen LogP contribution in [0, 0.1) is 23.0 Å². The Morgan fingerprint density at radius 3 is 2.52 bits per heavy atom. The molecular formula is C18H23F2NO2. The minimum Gasteiger partial charge on any atom is -0.381 e. The van der Waals surface area contributed by atoms with Crippen LogP contribution in [0.2, 0.25) is 0 Å². The first-order chi connectivity index (χ1) is 10.9. The summed E-state index contributed by atoms with van der Waals surface area (Å²) in [6.45, 7) is 5.72. The zero-order valence-electron chi connectivity index (χ0n) is 13.6. The zero-order chi connectivity index (χ0) is 16.7. The lowest BCUT2D eigenvalue weighted by Gasteiger charge is -2.25. The second kappa shape index (κ2) is 5.86. The van der Waals surface area contributed by atoms with Gasteiger partial charge in [-0.1, -0.05) is 19.9 Å². The number of halogens is 2. The molecule has 1 saturated heterocycles. The van der Waals surface area contributed by atoms with Crippen LogP contribution in [-0.2, 0) is 14.9 Å². The van der Waals surface area contributed by atoms with Gasteiger partial charge in [0.1, 0.15) is 11.6 Å². The molecule has 1 aromatic rings. The lowest BCUT2D eigenvalue weighted by atomic mass is 9.87. The van der Waals surface area contributed by atoms with Crippen LogP contribution in [0.4, 0.5) is 8.78 Å². The highest BCUT2D eigenvalue weighted by atomic mass is 19.1. The molecule has 1 atom stereocenters. The minimum atomic E-state index is -0.578. The second-order valence-corrected chi connectivity index (χ2v) is 7.37. The van der Waals surface area contributed by atoms with Crippen molar-refractivity contribution in [3.63, 3.8) is 0 Å². The van der Waals surface area contributed by atoms with Crippen LogP contribution >= 0.6 is 0 Å². The van der Waals surface area contributed by atoms with Gasteiger partial charge in [-0.3, -0.25) is 4.79 Å². The van der Waals surface area contributed by atoms with Crippen LogP contribution in [-0.4, -0.2) is 25.7 Å². The molecule has 1 heterocycles. The Kier molecular flexibility index (Phi) is 4.17. The second-order valence-electron chi connectivity index (χ2n) is 7.37. The van der Waals surface area contributed by atoms with Gasteiger partial charge in [-0.2, -0.15) is 0 Å². The molecule has 2 fully saturated rings. The summed E-state index contributed by atoms with van der Waals surface area (Å²) in [6.07, 6.45) is 2.23. The summed E-state index contributed by atoms with van der Waals surface area (Å²) in [4.78, 5) is 12.3. The third-order valence-corrected chi connectivity index (χ3v) is 5.52. The molecule has 0 radical (unpaired) electrons. The molecule has 0 bridgehead atoms. The predicted octanol–water partition coefficient (Wildman–Crippen LogP) is 3.18. The molecule has 1 N–H and O–H groups in total. The number of carbonyl (C=O) groups excluding carboxylic acids is 1. The topological polar surface area (TPSA) is 38.3 Å². The largest absolute Gasteiger partial charge is 0.381 e. The van der Waals surface area contributed by atoms with E-state index in [9.17, 15) is 13.6 Å². The summed E-state index contributed by atoms with van der Waals surface area (Å²) in [5.41, 5.74) is -0.0728. The molecule has 0 aromatic heterocycles. The van der Waals surface area contributed by atoms with Gasteiger partial charge in [0, 0.05) is 37.2 Å². The van der Waals surface area contributed by atoms with E-state index in [0.29, 0.717) is 25.3 Å². The average Bonchev–Trinajstić information content (AvgIpc) is 3.08. The Labute approximate surface area is 135 Å². The Morgan fingerprint density at radius 1 is 1.30 bits per heavy atom. The standard InChI is InChI=1S/C18H23F2NO2/c1-17(2)10-18(17,14-4-3-13(19)9-15(14)20)11-21-16(22)12-5-7-23-8-6-12/h3-4,9,12H,5-8,10-11H2,1-2H3,(H,21,22). The van der Waals surface area contributed by atoms with Crippen molar-refractivity contribution in [1.29, 1.82) is 0 Å². The molecule has 1 aliphatic carbocycles. The van der Waals surface area contributed by atoms with Crippen molar-refractivity contribution in [1.82, 2.24) is 5.32 Å². The molecule has 0 spiro atoms. The van der Waals surface area contributed by atoms with Crippen molar-refractivity contribution < 1.29 is 18.3 Å². The van der Waals surface area contributed by atoms with Crippen molar-refractivity contribution in [2.75, 3.05) is 19.8 Å². The summed E-state index contributed by atoms with van der Waals surface area (Å²) in [7, 11) is 0. The van der Waals surface area contributed by atoms with Crippen LogP contribution in [0.25, 0.3) is 0 Å². The fourth-order valence-corrected chi connectivity index (χ4v) is 3.79. The van der Waals surface area contributed by atoms with Gasteiger partial charge in [-0.25, -0.2) is 8.78 Å². The fraction of sp³-hybridized carbons (Fsp3) is 0.611. The highest BCUT2D eigenvalue weighted by Crippen LogP contribution is 2.64. The van der Waals surface area contributed by atoms with E-state index in [2.05, 4.69) is 19.2 Å². The van der Waals surface area contributed by atoms with Crippen LogP contribution in [0.15, 0.2) is 18.2 Å². The third kappa shape index (κ3) is 2.99. The molecule has 23 heavy (non-hydrogen) atoms. The zero-order valence-corrected chi connectivity index (χ0v) is 13.6. The lowest BCUT2D eigenvalue weighted by molar-refractivity contribution is -0.128. The van der Waals surface area contributed by atoms with Gasteiger partial charge in [0.2, 0.25) is 5.91 Å². The monoisotopic (exact) mass is 323 g/mol. The van der Waals surface area contributed by atoms with Gasteiger partial charge in [-0.15, -0.1) is 0 Å². The summed E-state index contributed by atoms with van der Waals surface area (Å²) in [6, 6.07) is 3.72. The number of nitrogens with one attached hydrogen (secondary N) is 1. The SMILES string of the molecule is CC1(C)CC1(CNC(=O)C1CCOCC1)c1ccc(F)cc1F. The quantitative estimate of drug-likeness (QED) is 0.924. The first kappa shape index (κ1) is 16.4.